The first-order valence-electron chi connectivity index (χ1n) is 8.08. The predicted molar refractivity (Wildman–Crippen MR) is 91.1 cm³/mol. The van der Waals surface area contributed by atoms with Gasteiger partial charge in [-0.1, -0.05) is 31.5 Å². The zero-order valence-corrected chi connectivity index (χ0v) is 14.8. The molecule has 6 nitrogen and oxygen atoms in total. The average molecular weight is 349 g/mol. The van der Waals surface area contributed by atoms with Crippen LogP contribution in [0.1, 0.15) is 38.3 Å². The fourth-order valence-electron chi connectivity index (χ4n) is 2.85. The van der Waals surface area contributed by atoms with Crippen molar-refractivity contribution in [1.82, 2.24) is 19.7 Å². The first-order valence-corrected chi connectivity index (χ1v) is 8.46. The lowest BCUT2D eigenvalue weighted by Crippen LogP contribution is -2.44. The third kappa shape index (κ3) is 3.38. The first kappa shape index (κ1) is 16.8. The monoisotopic (exact) mass is 348 g/mol. The van der Waals surface area contributed by atoms with Crippen LogP contribution in [0.4, 0.5) is 0 Å². The molecule has 0 aliphatic carbocycles. The van der Waals surface area contributed by atoms with Crippen LogP contribution in [-0.4, -0.2) is 38.2 Å². The van der Waals surface area contributed by atoms with Crippen molar-refractivity contribution in [3.8, 4) is 5.75 Å². The van der Waals surface area contributed by atoms with Gasteiger partial charge in [0, 0.05) is 24.0 Å². The SMILES string of the molecule is CC(Oc1cccc(Cl)c1)C(=O)N1CCn2c(nnc2C(C)C)C1. The number of hydrogen-bond acceptors (Lipinski definition) is 4. The molecule has 2 heterocycles. The maximum atomic E-state index is 12.6. The van der Waals surface area contributed by atoms with E-state index in [1.807, 2.05) is 0 Å². The van der Waals surface area contributed by atoms with Gasteiger partial charge in [0.1, 0.15) is 11.6 Å². The Morgan fingerprint density at radius 3 is 2.75 bits per heavy atom. The van der Waals surface area contributed by atoms with Gasteiger partial charge in [0.2, 0.25) is 0 Å². The highest BCUT2D eigenvalue weighted by atomic mass is 35.5. The lowest BCUT2D eigenvalue weighted by Gasteiger charge is -2.30. The molecule has 7 heteroatoms. The van der Waals surface area contributed by atoms with Crippen molar-refractivity contribution >= 4 is 17.5 Å². The van der Waals surface area contributed by atoms with Crippen molar-refractivity contribution in [2.24, 2.45) is 0 Å². The van der Waals surface area contributed by atoms with Crippen molar-refractivity contribution in [2.75, 3.05) is 6.54 Å². The largest absolute Gasteiger partial charge is 0.481 e. The molecule has 1 aliphatic heterocycles. The van der Waals surface area contributed by atoms with Crippen LogP contribution < -0.4 is 4.74 Å². The van der Waals surface area contributed by atoms with Crippen LogP contribution in [-0.2, 0) is 17.9 Å². The molecule has 1 unspecified atom stereocenters. The van der Waals surface area contributed by atoms with Gasteiger partial charge < -0.3 is 14.2 Å². The van der Waals surface area contributed by atoms with Gasteiger partial charge in [-0.25, -0.2) is 0 Å². The minimum atomic E-state index is -0.581. The Morgan fingerprint density at radius 2 is 2.04 bits per heavy atom. The number of halogens is 1. The second kappa shape index (κ2) is 6.81. The van der Waals surface area contributed by atoms with Gasteiger partial charge in [0.25, 0.3) is 5.91 Å². The smallest absolute Gasteiger partial charge is 0.263 e. The minimum absolute atomic E-state index is 0.0599. The molecule has 2 aromatic rings. The summed E-state index contributed by atoms with van der Waals surface area (Å²) < 4.78 is 7.83. The zero-order chi connectivity index (χ0) is 17.3. The van der Waals surface area contributed by atoms with Gasteiger partial charge in [-0.2, -0.15) is 0 Å². The Kier molecular flexibility index (Phi) is 4.76. The second-order valence-corrected chi connectivity index (χ2v) is 6.69. The highest BCUT2D eigenvalue weighted by Crippen LogP contribution is 2.21. The van der Waals surface area contributed by atoms with Crippen LogP contribution in [0, 0.1) is 0 Å². The molecule has 128 valence electrons. The molecule has 24 heavy (non-hydrogen) atoms. The molecular weight excluding hydrogens is 328 g/mol. The highest BCUT2D eigenvalue weighted by Gasteiger charge is 2.28. The number of amides is 1. The number of ether oxygens (including phenoxy) is 1. The molecule has 0 saturated carbocycles. The Morgan fingerprint density at radius 1 is 1.25 bits per heavy atom. The van der Waals surface area contributed by atoms with Gasteiger partial charge in [-0.05, 0) is 25.1 Å². The van der Waals surface area contributed by atoms with E-state index in [-0.39, 0.29) is 5.91 Å². The molecule has 1 aromatic carbocycles. The van der Waals surface area contributed by atoms with Crippen molar-refractivity contribution in [3.05, 3.63) is 40.9 Å². The fourth-order valence-corrected chi connectivity index (χ4v) is 3.03. The molecule has 0 saturated heterocycles. The van der Waals surface area contributed by atoms with Gasteiger partial charge in [-0.15, -0.1) is 10.2 Å². The number of rotatable bonds is 4. The van der Waals surface area contributed by atoms with Crippen LogP contribution in [0.25, 0.3) is 0 Å². The van der Waals surface area contributed by atoms with Crippen LogP contribution in [0.5, 0.6) is 5.75 Å². The van der Waals surface area contributed by atoms with E-state index < -0.39 is 6.10 Å². The molecule has 1 aliphatic rings. The van der Waals surface area contributed by atoms with E-state index in [0.717, 1.165) is 11.6 Å². The molecule has 1 amide bonds. The van der Waals surface area contributed by atoms with Gasteiger partial charge in [0.15, 0.2) is 11.9 Å². The van der Waals surface area contributed by atoms with Crippen molar-refractivity contribution in [3.63, 3.8) is 0 Å². The van der Waals surface area contributed by atoms with Gasteiger partial charge in [0.05, 0.1) is 6.54 Å². The summed E-state index contributed by atoms with van der Waals surface area (Å²) in [4.78, 5) is 14.4. The summed E-state index contributed by atoms with van der Waals surface area (Å²) in [6.45, 7) is 7.74. The van der Waals surface area contributed by atoms with Crippen molar-refractivity contribution < 1.29 is 9.53 Å². The molecule has 1 atom stereocenters. The molecular formula is C17H21ClN4O2. The van der Waals surface area contributed by atoms with Crippen molar-refractivity contribution in [1.29, 1.82) is 0 Å². The summed E-state index contributed by atoms with van der Waals surface area (Å²) in [5.41, 5.74) is 0. The number of carbonyl (C=O) groups is 1. The zero-order valence-electron chi connectivity index (χ0n) is 14.1. The summed E-state index contributed by atoms with van der Waals surface area (Å²) in [6, 6.07) is 7.06. The van der Waals surface area contributed by atoms with E-state index in [1.54, 1.807) is 36.1 Å². The van der Waals surface area contributed by atoms with Crippen LogP contribution in [0.3, 0.4) is 0 Å². The van der Waals surface area contributed by atoms with Gasteiger partial charge in [-0.3, -0.25) is 4.79 Å². The molecule has 1 aromatic heterocycles. The van der Waals surface area contributed by atoms with Crippen LogP contribution >= 0.6 is 11.6 Å². The Hall–Kier alpha value is -2.08. The standard InChI is InChI=1S/C17H21ClN4O2/c1-11(2)16-20-19-15-10-21(7-8-22(15)16)17(23)12(3)24-14-6-4-5-13(18)9-14/h4-6,9,11-12H,7-8,10H2,1-3H3. The summed E-state index contributed by atoms with van der Waals surface area (Å²) >= 11 is 5.95. The maximum absolute atomic E-state index is 12.6. The number of aromatic nitrogens is 3. The quantitative estimate of drug-likeness (QED) is 0.852. The third-order valence-corrected chi connectivity index (χ3v) is 4.30. The topological polar surface area (TPSA) is 60.2 Å². The maximum Gasteiger partial charge on any atom is 0.263 e. The normalized spacial score (nSPS) is 15.3. The third-order valence-electron chi connectivity index (χ3n) is 4.07. The molecule has 0 radical (unpaired) electrons. The molecule has 3 rings (SSSR count). The number of benzene rings is 1. The number of nitrogens with zero attached hydrogens (tertiary/aromatic N) is 4. The van der Waals surface area contributed by atoms with E-state index in [9.17, 15) is 4.79 Å². The average Bonchev–Trinajstić information content (AvgIpc) is 2.97. The Balaban J connectivity index is 1.67. The minimum Gasteiger partial charge on any atom is -0.481 e. The molecule has 0 N–H and O–H groups in total. The summed E-state index contributed by atoms with van der Waals surface area (Å²) in [5.74, 6) is 2.65. The second-order valence-electron chi connectivity index (χ2n) is 6.26. The Labute approximate surface area is 146 Å². The Bertz CT molecular complexity index is 744. The lowest BCUT2D eigenvalue weighted by molar-refractivity contribution is -0.139. The molecule has 0 bridgehead atoms. The molecule has 0 fully saturated rings. The fraction of sp³-hybridized carbons (Fsp3) is 0.471. The summed E-state index contributed by atoms with van der Waals surface area (Å²) in [6.07, 6.45) is -0.581. The van der Waals surface area contributed by atoms with Crippen molar-refractivity contribution in [2.45, 2.75) is 45.9 Å². The number of fused-ring (bicyclic) bond motifs is 1. The van der Waals surface area contributed by atoms with Crippen LogP contribution in [0.15, 0.2) is 24.3 Å². The highest BCUT2D eigenvalue weighted by molar-refractivity contribution is 6.30. The van der Waals surface area contributed by atoms with E-state index in [4.69, 9.17) is 16.3 Å². The van der Waals surface area contributed by atoms with Gasteiger partial charge >= 0.3 is 0 Å². The van der Waals surface area contributed by atoms with E-state index in [2.05, 4.69) is 28.6 Å². The predicted octanol–water partition coefficient (Wildman–Crippen LogP) is 2.86. The summed E-state index contributed by atoms with van der Waals surface area (Å²) in [5, 5.41) is 9.05. The molecule has 0 spiro atoms. The summed E-state index contributed by atoms with van der Waals surface area (Å²) in [7, 11) is 0. The number of carbonyl (C=O) groups excluding carboxylic acids is 1. The lowest BCUT2D eigenvalue weighted by atomic mass is 10.2. The first-order chi connectivity index (χ1) is 11.5. The van der Waals surface area contributed by atoms with Crippen LogP contribution in [0.2, 0.25) is 5.02 Å². The van der Waals surface area contributed by atoms with E-state index in [1.165, 1.54) is 0 Å². The van der Waals surface area contributed by atoms with E-state index in [0.29, 0.717) is 36.3 Å². The van der Waals surface area contributed by atoms with E-state index >= 15 is 0 Å². The number of hydrogen-bond donors (Lipinski definition) is 0.